The summed E-state index contributed by atoms with van der Waals surface area (Å²) < 4.78 is 40.4. The van der Waals surface area contributed by atoms with Crippen LogP contribution in [0.5, 0.6) is 0 Å². The van der Waals surface area contributed by atoms with Crippen molar-refractivity contribution in [3.8, 4) is 0 Å². The number of hydrogen-bond donors (Lipinski definition) is 0. The molecule has 0 aromatic heterocycles. The highest BCUT2D eigenvalue weighted by Crippen LogP contribution is 2.44. The van der Waals surface area contributed by atoms with Crippen LogP contribution in [0.15, 0.2) is 36.4 Å². The van der Waals surface area contributed by atoms with Gasteiger partial charge in [0.15, 0.2) is 0 Å². The zero-order valence-corrected chi connectivity index (χ0v) is 12.2. The number of para-hydroxylation sites is 1. The Morgan fingerprint density at radius 1 is 1.05 bits per heavy atom. The first-order chi connectivity index (χ1) is 10.3. The fourth-order valence-corrected chi connectivity index (χ4v) is 3.01. The van der Waals surface area contributed by atoms with E-state index in [1.807, 2.05) is 0 Å². The minimum absolute atomic E-state index is 0.0834. The minimum atomic E-state index is -4.51. The van der Waals surface area contributed by atoms with Crippen molar-refractivity contribution in [2.24, 2.45) is 0 Å². The van der Waals surface area contributed by atoms with E-state index in [1.165, 1.54) is 24.0 Å². The monoisotopic (exact) mass is 305 g/mol. The molecule has 0 atom stereocenters. The number of hydrogen-bond acceptors (Lipinski definition) is 1. The Balaban J connectivity index is 2.27. The topological polar surface area (TPSA) is 20.3 Å². The molecular weight excluding hydrogens is 291 g/mol. The second kappa shape index (κ2) is 4.87. The largest absolute Gasteiger partial charge is 0.418 e. The number of alkyl halides is 3. The van der Waals surface area contributed by atoms with Gasteiger partial charge in [-0.3, -0.25) is 9.69 Å². The summed E-state index contributed by atoms with van der Waals surface area (Å²) in [5, 5.41) is 0. The van der Waals surface area contributed by atoms with E-state index in [0.717, 1.165) is 5.56 Å². The molecule has 22 heavy (non-hydrogen) atoms. The van der Waals surface area contributed by atoms with Gasteiger partial charge >= 0.3 is 6.18 Å². The van der Waals surface area contributed by atoms with E-state index in [4.69, 9.17) is 0 Å². The zero-order valence-electron chi connectivity index (χ0n) is 12.2. The van der Waals surface area contributed by atoms with Crippen molar-refractivity contribution in [1.29, 1.82) is 0 Å². The van der Waals surface area contributed by atoms with Crippen LogP contribution >= 0.6 is 0 Å². The van der Waals surface area contributed by atoms with Crippen molar-refractivity contribution >= 4 is 17.3 Å². The molecule has 1 heterocycles. The maximum absolute atomic E-state index is 13.5. The first-order valence-electron chi connectivity index (χ1n) is 6.88. The van der Waals surface area contributed by atoms with Gasteiger partial charge in [-0.1, -0.05) is 24.3 Å². The number of fused-ring (bicyclic) bond motifs is 1. The number of nitrogens with zero attached hydrogens (tertiary/aromatic N) is 1. The molecule has 1 amide bonds. The Kier molecular flexibility index (Phi) is 3.24. The first-order valence-corrected chi connectivity index (χ1v) is 6.88. The Morgan fingerprint density at radius 3 is 2.41 bits per heavy atom. The van der Waals surface area contributed by atoms with Crippen molar-refractivity contribution in [3.63, 3.8) is 0 Å². The smallest absolute Gasteiger partial charge is 0.280 e. The van der Waals surface area contributed by atoms with Gasteiger partial charge < -0.3 is 0 Å². The lowest BCUT2D eigenvalue weighted by Crippen LogP contribution is -2.25. The van der Waals surface area contributed by atoms with E-state index in [1.54, 1.807) is 31.2 Å². The van der Waals surface area contributed by atoms with Gasteiger partial charge in [0.25, 0.3) is 0 Å². The summed E-state index contributed by atoms with van der Waals surface area (Å²) in [5.74, 6) is -0.336. The highest BCUT2D eigenvalue weighted by atomic mass is 19.4. The third-order valence-corrected chi connectivity index (χ3v) is 3.81. The molecule has 2 aromatic carbocycles. The lowest BCUT2D eigenvalue weighted by atomic mass is 10.0. The second-order valence-electron chi connectivity index (χ2n) is 5.51. The molecule has 0 bridgehead atoms. The minimum Gasteiger partial charge on any atom is -0.280 e. The van der Waals surface area contributed by atoms with E-state index in [-0.39, 0.29) is 23.6 Å². The number of amides is 1. The van der Waals surface area contributed by atoms with Gasteiger partial charge in [-0.2, -0.15) is 13.2 Å². The molecular formula is C17H14F3NO. The van der Waals surface area contributed by atoms with Crippen LogP contribution in [0, 0.1) is 13.8 Å². The average Bonchev–Trinajstić information content (AvgIpc) is 2.71. The van der Waals surface area contributed by atoms with E-state index >= 15 is 0 Å². The van der Waals surface area contributed by atoms with E-state index in [0.29, 0.717) is 11.3 Å². The van der Waals surface area contributed by atoms with Crippen molar-refractivity contribution in [2.75, 3.05) is 4.90 Å². The van der Waals surface area contributed by atoms with E-state index in [2.05, 4.69) is 0 Å². The van der Waals surface area contributed by atoms with Gasteiger partial charge in [0.05, 0.1) is 23.4 Å². The zero-order chi connectivity index (χ0) is 16.1. The second-order valence-corrected chi connectivity index (χ2v) is 5.51. The van der Waals surface area contributed by atoms with E-state index in [9.17, 15) is 18.0 Å². The van der Waals surface area contributed by atoms with Gasteiger partial charge in [0.1, 0.15) is 0 Å². The van der Waals surface area contributed by atoms with Crippen LogP contribution in [0.25, 0.3) is 0 Å². The van der Waals surface area contributed by atoms with Crippen LogP contribution in [-0.4, -0.2) is 5.91 Å². The number of benzene rings is 2. The predicted molar refractivity (Wildman–Crippen MR) is 78.2 cm³/mol. The number of anilines is 2. The number of rotatable bonds is 1. The maximum atomic E-state index is 13.5. The summed E-state index contributed by atoms with van der Waals surface area (Å²) >= 11 is 0. The Hall–Kier alpha value is -2.30. The Bertz CT molecular complexity index is 765. The molecule has 0 spiro atoms. The predicted octanol–water partition coefficient (Wildman–Crippen LogP) is 4.54. The van der Waals surface area contributed by atoms with Crippen LogP contribution in [-0.2, 0) is 17.4 Å². The molecule has 114 valence electrons. The lowest BCUT2D eigenvalue weighted by Gasteiger charge is -2.24. The number of halogens is 3. The third kappa shape index (κ3) is 2.26. The van der Waals surface area contributed by atoms with Crippen LogP contribution in [0.2, 0.25) is 0 Å². The highest BCUT2D eigenvalue weighted by molar-refractivity contribution is 6.08. The van der Waals surface area contributed by atoms with Gasteiger partial charge in [-0.05, 0) is 42.7 Å². The molecule has 1 aliphatic heterocycles. The van der Waals surface area contributed by atoms with Crippen LogP contribution < -0.4 is 4.90 Å². The molecule has 0 saturated carbocycles. The van der Waals surface area contributed by atoms with Crippen molar-refractivity contribution in [3.05, 3.63) is 58.7 Å². The fourth-order valence-electron chi connectivity index (χ4n) is 3.01. The molecule has 3 rings (SSSR count). The summed E-state index contributed by atoms with van der Waals surface area (Å²) in [7, 11) is 0. The number of carbonyl (C=O) groups is 1. The van der Waals surface area contributed by atoms with Crippen molar-refractivity contribution in [2.45, 2.75) is 26.4 Å². The Labute approximate surface area is 126 Å². The van der Waals surface area contributed by atoms with Gasteiger partial charge in [0.2, 0.25) is 5.91 Å². The highest BCUT2D eigenvalue weighted by Gasteiger charge is 2.40. The number of carbonyl (C=O) groups excluding carboxylic acids is 1. The van der Waals surface area contributed by atoms with Gasteiger partial charge in [0, 0.05) is 0 Å². The molecule has 1 aliphatic rings. The first kappa shape index (κ1) is 14.6. The molecule has 2 aromatic rings. The third-order valence-electron chi connectivity index (χ3n) is 3.81. The van der Waals surface area contributed by atoms with Gasteiger partial charge in [-0.25, -0.2) is 0 Å². The summed E-state index contributed by atoms with van der Waals surface area (Å²) in [5.41, 5.74) is 1.27. The molecule has 0 fully saturated rings. The molecule has 2 nitrogen and oxygen atoms in total. The molecule has 0 saturated heterocycles. The quantitative estimate of drug-likeness (QED) is 0.757. The maximum Gasteiger partial charge on any atom is 0.418 e. The summed E-state index contributed by atoms with van der Waals surface area (Å²) in [6, 6.07) is 9.86. The summed E-state index contributed by atoms with van der Waals surface area (Å²) in [6.07, 6.45) is -4.38. The molecule has 0 unspecified atom stereocenters. The molecule has 0 N–H and O–H groups in total. The molecule has 0 radical (unpaired) electrons. The number of aryl methyl sites for hydroxylation is 2. The van der Waals surface area contributed by atoms with Crippen LogP contribution in [0.4, 0.5) is 24.5 Å². The van der Waals surface area contributed by atoms with Crippen LogP contribution in [0.1, 0.15) is 22.3 Å². The normalized spacial score (nSPS) is 14.4. The van der Waals surface area contributed by atoms with Gasteiger partial charge in [-0.15, -0.1) is 0 Å². The van der Waals surface area contributed by atoms with E-state index < -0.39 is 11.7 Å². The Morgan fingerprint density at radius 2 is 1.73 bits per heavy atom. The van der Waals surface area contributed by atoms with Crippen molar-refractivity contribution < 1.29 is 18.0 Å². The standard InChI is InChI=1S/C17H14F3NO/c1-10-7-11(2)16(17(18,19)20)14(8-10)21-13-6-4-3-5-12(13)9-15(21)22/h3-8H,9H2,1-2H3. The SMILES string of the molecule is Cc1cc(C)c(C(F)(F)F)c(N2C(=O)Cc3ccccc32)c1. The molecule has 0 aliphatic carbocycles. The lowest BCUT2D eigenvalue weighted by molar-refractivity contribution is -0.137. The fraction of sp³-hybridized carbons (Fsp3) is 0.235. The van der Waals surface area contributed by atoms with Crippen molar-refractivity contribution in [1.82, 2.24) is 0 Å². The molecule has 5 heteroatoms. The van der Waals surface area contributed by atoms with Crippen LogP contribution in [0.3, 0.4) is 0 Å². The summed E-state index contributed by atoms with van der Waals surface area (Å²) in [4.78, 5) is 13.5. The summed E-state index contributed by atoms with van der Waals surface area (Å²) in [6.45, 7) is 3.15. The average molecular weight is 305 g/mol.